The minimum atomic E-state index is 0.0600. The van der Waals surface area contributed by atoms with Gasteiger partial charge in [-0.25, -0.2) is 0 Å². The molecular weight excluding hydrogens is 212 g/mol. The quantitative estimate of drug-likeness (QED) is 0.819. The van der Waals surface area contributed by atoms with Gasteiger partial charge in [-0.05, 0) is 32.9 Å². The lowest BCUT2D eigenvalue weighted by molar-refractivity contribution is 0.363. The van der Waals surface area contributed by atoms with Crippen LogP contribution in [-0.4, -0.2) is 20.7 Å². The number of benzene rings is 1. The third-order valence-corrected chi connectivity index (χ3v) is 3.80. The zero-order valence-electron chi connectivity index (χ0n) is 10.9. The van der Waals surface area contributed by atoms with Crippen molar-refractivity contribution in [1.82, 2.24) is 5.32 Å². The maximum absolute atomic E-state index is 6.45. The van der Waals surface area contributed by atoms with Crippen molar-refractivity contribution >= 4 is 0 Å². The summed E-state index contributed by atoms with van der Waals surface area (Å²) in [5, 5.41) is 3.25. The molecule has 2 rings (SSSR count). The molecule has 0 spiro atoms. The fourth-order valence-corrected chi connectivity index (χ4v) is 2.54. The Morgan fingerprint density at radius 3 is 2.71 bits per heavy atom. The highest BCUT2D eigenvalue weighted by molar-refractivity contribution is 5.40. The third-order valence-electron chi connectivity index (χ3n) is 3.80. The molecule has 1 unspecified atom stereocenters. The van der Waals surface area contributed by atoms with Gasteiger partial charge in [-0.15, -0.1) is 0 Å². The van der Waals surface area contributed by atoms with Crippen LogP contribution in [0.15, 0.2) is 18.2 Å². The van der Waals surface area contributed by atoms with E-state index in [1.807, 2.05) is 13.1 Å². The summed E-state index contributed by atoms with van der Waals surface area (Å²) in [5.41, 5.74) is 9.05. The second-order valence-corrected chi connectivity index (χ2v) is 5.12. The van der Waals surface area contributed by atoms with E-state index in [0.717, 1.165) is 17.9 Å². The summed E-state index contributed by atoms with van der Waals surface area (Å²) in [7, 11) is 3.69. The molecule has 3 N–H and O–H groups in total. The molecule has 1 aromatic carbocycles. The topological polar surface area (TPSA) is 47.3 Å². The summed E-state index contributed by atoms with van der Waals surface area (Å²) in [4.78, 5) is 0. The average Bonchev–Trinajstić information content (AvgIpc) is 3.09. The van der Waals surface area contributed by atoms with Crippen molar-refractivity contribution in [2.45, 2.75) is 25.8 Å². The highest BCUT2D eigenvalue weighted by atomic mass is 16.5. The lowest BCUT2D eigenvalue weighted by Crippen LogP contribution is -2.31. The van der Waals surface area contributed by atoms with Gasteiger partial charge >= 0.3 is 0 Å². The molecule has 0 bridgehead atoms. The minimum Gasteiger partial charge on any atom is -0.496 e. The Balaban J connectivity index is 2.29. The van der Waals surface area contributed by atoms with E-state index in [-0.39, 0.29) is 11.5 Å². The molecule has 0 amide bonds. The molecule has 3 nitrogen and oxygen atoms in total. The Labute approximate surface area is 103 Å². The van der Waals surface area contributed by atoms with Crippen molar-refractivity contribution in [3.05, 3.63) is 29.3 Å². The van der Waals surface area contributed by atoms with Crippen LogP contribution in [0.25, 0.3) is 0 Å². The molecule has 0 heterocycles. The van der Waals surface area contributed by atoms with E-state index in [2.05, 4.69) is 24.4 Å². The maximum Gasteiger partial charge on any atom is 0.123 e. The van der Waals surface area contributed by atoms with Gasteiger partial charge in [-0.1, -0.05) is 17.7 Å². The number of hydrogen-bond donors (Lipinski definition) is 2. The van der Waals surface area contributed by atoms with E-state index in [1.165, 1.54) is 18.4 Å². The zero-order valence-corrected chi connectivity index (χ0v) is 10.9. The summed E-state index contributed by atoms with van der Waals surface area (Å²) in [6.07, 6.45) is 2.40. The summed E-state index contributed by atoms with van der Waals surface area (Å²) < 4.78 is 5.42. The largest absolute Gasteiger partial charge is 0.496 e. The Morgan fingerprint density at radius 1 is 1.47 bits per heavy atom. The van der Waals surface area contributed by atoms with Crippen LogP contribution in [-0.2, 0) is 0 Å². The van der Waals surface area contributed by atoms with E-state index in [9.17, 15) is 0 Å². The fraction of sp³-hybridized carbons (Fsp3) is 0.571. The second-order valence-electron chi connectivity index (χ2n) is 5.12. The first kappa shape index (κ1) is 12.4. The van der Waals surface area contributed by atoms with Gasteiger partial charge in [0.05, 0.1) is 7.11 Å². The van der Waals surface area contributed by atoms with E-state index in [4.69, 9.17) is 10.5 Å². The van der Waals surface area contributed by atoms with Crippen LogP contribution in [0.1, 0.15) is 30.0 Å². The summed E-state index contributed by atoms with van der Waals surface area (Å²) in [5.74, 6) is 0.908. The fourth-order valence-electron chi connectivity index (χ4n) is 2.54. The number of rotatable bonds is 5. The monoisotopic (exact) mass is 234 g/mol. The first-order valence-corrected chi connectivity index (χ1v) is 6.18. The van der Waals surface area contributed by atoms with Crippen LogP contribution >= 0.6 is 0 Å². The Bertz CT molecular complexity index is 399. The molecule has 1 atom stereocenters. The highest BCUT2D eigenvalue weighted by Crippen LogP contribution is 2.54. The van der Waals surface area contributed by atoms with Gasteiger partial charge in [0.15, 0.2) is 0 Å². The zero-order chi connectivity index (χ0) is 12.5. The molecule has 1 aromatic rings. The smallest absolute Gasteiger partial charge is 0.123 e. The molecule has 94 valence electrons. The van der Waals surface area contributed by atoms with Crippen molar-refractivity contribution in [2.24, 2.45) is 11.1 Å². The summed E-state index contributed by atoms with van der Waals surface area (Å²) >= 11 is 0. The lowest BCUT2D eigenvalue weighted by atomic mass is 9.89. The molecular formula is C14H22N2O. The number of methoxy groups -OCH3 is 1. The average molecular weight is 234 g/mol. The van der Waals surface area contributed by atoms with Gasteiger partial charge in [-0.3, -0.25) is 0 Å². The highest BCUT2D eigenvalue weighted by Gasteiger charge is 2.48. The van der Waals surface area contributed by atoms with Gasteiger partial charge in [0.2, 0.25) is 0 Å². The molecule has 0 saturated heterocycles. The van der Waals surface area contributed by atoms with E-state index >= 15 is 0 Å². The van der Waals surface area contributed by atoms with Gasteiger partial charge in [0.1, 0.15) is 5.75 Å². The molecule has 1 fully saturated rings. The second kappa shape index (κ2) is 4.67. The van der Waals surface area contributed by atoms with Crippen molar-refractivity contribution < 1.29 is 4.74 Å². The van der Waals surface area contributed by atoms with Crippen LogP contribution in [0.5, 0.6) is 5.75 Å². The molecule has 0 aromatic heterocycles. The van der Waals surface area contributed by atoms with Gasteiger partial charge < -0.3 is 15.8 Å². The third kappa shape index (κ3) is 2.31. The predicted molar refractivity (Wildman–Crippen MR) is 70.3 cm³/mol. The molecule has 0 aliphatic heterocycles. The maximum atomic E-state index is 6.45. The molecule has 3 heteroatoms. The van der Waals surface area contributed by atoms with E-state index in [0.29, 0.717) is 0 Å². The van der Waals surface area contributed by atoms with Crippen molar-refractivity contribution in [3.8, 4) is 5.75 Å². The predicted octanol–water partition coefficient (Wildman–Crippen LogP) is 2.00. The molecule has 1 aliphatic carbocycles. The van der Waals surface area contributed by atoms with Gasteiger partial charge in [-0.2, -0.15) is 0 Å². The summed E-state index contributed by atoms with van der Waals surface area (Å²) in [6, 6.07) is 6.29. The normalized spacial score (nSPS) is 18.8. The van der Waals surface area contributed by atoms with Crippen molar-refractivity contribution in [2.75, 3.05) is 20.7 Å². The van der Waals surface area contributed by atoms with Gasteiger partial charge in [0.25, 0.3) is 0 Å². The Morgan fingerprint density at radius 2 is 2.18 bits per heavy atom. The number of nitrogens with two attached hydrogens (primary N) is 1. The van der Waals surface area contributed by atoms with E-state index in [1.54, 1.807) is 7.11 Å². The number of nitrogens with one attached hydrogen (secondary N) is 1. The Kier molecular flexibility index (Phi) is 3.40. The molecule has 0 radical (unpaired) electrons. The Hall–Kier alpha value is -1.06. The number of aryl methyl sites for hydroxylation is 1. The number of hydrogen-bond acceptors (Lipinski definition) is 3. The van der Waals surface area contributed by atoms with Crippen LogP contribution in [0.4, 0.5) is 0 Å². The molecule has 17 heavy (non-hydrogen) atoms. The first-order valence-electron chi connectivity index (χ1n) is 6.18. The summed E-state index contributed by atoms with van der Waals surface area (Å²) in [6.45, 7) is 3.07. The van der Waals surface area contributed by atoms with Crippen LogP contribution < -0.4 is 15.8 Å². The SMILES string of the molecule is CNCC1(C(N)c2cc(C)ccc2OC)CC1. The minimum absolute atomic E-state index is 0.0600. The first-order chi connectivity index (χ1) is 8.13. The van der Waals surface area contributed by atoms with E-state index < -0.39 is 0 Å². The molecule has 1 aliphatic rings. The van der Waals surface area contributed by atoms with Crippen LogP contribution in [0.3, 0.4) is 0 Å². The molecule has 1 saturated carbocycles. The van der Waals surface area contributed by atoms with Crippen LogP contribution in [0, 0.1) is 12.3 Å². The lowest BCUT2D eigenvalue weighted by Gasteiger charge is -2.25. The van der Waals surface area contributed by atoms with Crippen molar-refractivity contribution in [1.29, 1.82) is 0 Å². The van der Waals surface area contributed by atoms with Crippen LogP contribution in [0.2, 0.25) is 0 Å². The number of ether oxygens (including phenoxy) is 1. The van der Waals surface area contributed by atoms with Gasteiger partial charge in [0, 0.05) is 23.6 Å². The van der Waals surface area contributed by atoms with Crippen molar-refractivity contribution in [3.63, 3.8) is 0 Å². The standard InChI is InChI=1S/C14H22N2O/c1-10-4-5-12(17-3)11(8-10)13(15)14(6-7-14)9-16-2/h4-5,8,13,16H,6-7,9,15H2,1-3H3.